The van der Waals surface area contributed by atoms with Crippen LogP contribution in [0.25, 0.3) is 33.1 Å². The molecule has 0 fully saturated rings. The summed E-state index contributed by atoms with van der Waals surface area (Å²) in [5.41, 5.74) is 8.01. The van der Waals surface area contributed by atoms with Crippen molar-refractivity contribution < 1.29 is 13.1 Å². The normalized spacial score (nSPS) is 10.8. The van der Waals surface area contributed by atoms with Gasteiger partial charge in [-0.15, -0.1) is 0 Å². The zero-order chi connectivity index (χ0) is 18.7. The van der Waals surface area contributed by atoms with E-state index in [1.54, 1.807) is 0 Å². The maximum atomic E-state index is 4.96. The Hall–Kier alpha value is -1.64. The molecule has 0 saturated carbocycles. The van der Waals surface area contributed by atoms with E-state index < -0.39 is 0 Å². The molecular formula is C21H18Cl2FeN2. The van der Waals surface area contributed by atoms with Crippen molar-refractivity contribution in [2.75, 3.05) is 0 Å². The van der Waals surface area contributed by atoms with Gasteiger partial charge in [0.05, 0.1) is 16.7 Å². The molecular weight excluding hydrogens is 407 g/mol. The Labute approximate surface area is 168 Å². The molecule has 0 spiro atoms. The van der Waals surface area contributed by atoms with Crippen LogP contribution in [0.3, 0.4) is 0 Å². The number of rotatable bonds is 1. The van der Waals surface area contributed by atoms with Crippen LogP contribution in [0, 0.1) is 20.8 Å². The van der Waals surface area contributed by atoms with Crippen molar-refractivity contribution in [3.05, 3.63) is 71.4 Å². The van der Waals surface area contributed by atoms with Crippen molar-refractivity contribution in [3.8, 4) is 11.3 Å². The minimum atomic E-state index is 0.194. The van der Waals surface area contributed by atoms with E-state index >= 15 is 0 Å². The molecule has 5 heteroatoms. The SMILES string of the molecule is Cc1cc(C)c(-c2ccc3ccc4cccnc4c3n2)c(C)c1.[Cl][Fe][Cl]. The third kappa shape index (κ3) is 3.87. The molecule has 2 nitrogen and oxygen atoms in total. The van der Waals surface area contributed by atoms with Crippen LogP contribution in [0.2, 0.25) is 0 Å². The minimum absolute atomic E-state index is 0.194. The number of pyridine rings is 2. The van der Waals surface area contributed by atoms with Gasteiger partial charge in [0, 0.05) is 22.5 Å². The van der Waals surface area contributed by atoms with Gasteiger partial charge in [0.15, 0.2) is 0 Å². The predicted molar refractivity (Wildman–Crippen MR) is 108 cm³/mol. The van der Waals surface area contributed by atoms with E-state index in [1.165, 1.54) is 22.3 Å². The van der Waals surface area contributed by atoms with Crippen molar-refractivity contribution in [3.63, 3.8) is 0 Å². The average Bonchev–Trinajstić information content (AvgIpc) is 2.61. The fourth-order valence-corrected chi connectivity index (χ4v) is 3.45. The molecule has 0 unspecified atom stereocenters. The number of benzene rings is 2. The second-order valence-corrected chi connectivity index (χ2v) is 8.06. The molecule has 0 atom stereocenters. The molecule has 0 bridgehead atoms. The number of nitrogens with zero attached hydrogens (tertiary/aromatic N) is 2. The third-order valence-corrected chi connectivity index (χ3v) is 4.37. The summed E-state index contributed by atoms with van der Waals surface area (Å²) >= 11 is 0.194. The van der Waals surface area contributed by atoms with Crippen LogP contribution >= 0.6 is 20.2 Å². The van der Waals surface area contributed by atoms with Gasteiger partial charge in [0.1, 0.15) is 0 Å². The summed E-state index contributed by atoms with van der Waals surface area (Å²) < 4.78 is 0. The van der Waals surface area contributed by atoms with E-state index in [2.05, 4.69) is 68.2 Å². The third-order valence-electron chi connectivity index (χ3n) is 4.37. The molecule has 0 aliphatic heterocycles. The molecule has 2 aromatic heterocycles. The Morgan fingerprint density at radius 2 is 1.38 bits per heavy atom. The summed E-state index contributed by atoms with van der Waals surface area (Å²) in [5, 5.41) is 2.25. The fourth-order valence-electron chi connectivity index (χ4n) is 3.45. The van der Waals surface area contributed by atoms with Crippen molar-refractivity contribution in [1.82, 2.24) is 9.97 Å². The molecule has 0 amide bonds. The standard InChI is InChI=1S/C21H18N2.2ClH.Fe/c1-13-11-14(2)19(15(3)12-13)18-9-8-17-7-6-16-5-4-10-22-20(16)21(17)23-18;;;/h4-12H,1-3H3;2*1H;/q;;;+2/p-2. The number of aryl methyl sites for hydroxylation is 3. The summed E-state index contributed by atoms with van der Waals surface area (Å²) in [6, 6.07) is 17.0. The van der Waals surface area contributed by atoms with Crippen LogP contribution in [0.4, 0.5) is 0 Å². The average molecular weight is 425 g/mol. The van der Waals surface area contributed by atoms with Crippen molar-refractivity contribution in [2.45, 2.75) is 20.8 Å². The van der Waals surface area contributed by atoms with Gasteiger partial charge in [-0.2, -0.15) is 0 Å². The van der Waals surface area contributed by atoms with Crippen LogP contribution in [0.1, 0.15) is 16.7 Å². The number of hydrogen-bond acceptors (Lipinski definition) is 2. The molecule has 0 N–H and O–H groups in total. The molecule has 2 aromatic carbocycles. The molecule has 26 heavy (non-hydrogen) atoms. The molecule has 0 saturated heterocycles. The number of halogens is 2. The van der Waals surface area contributed by atoms with Crippen LogP contribution in [-0.4, -0.2) is 9.97 Å². The van der Waals surface area contributed by atoms with Gasteiger partial charge in [-0.25, -0.2) is 4.98 Å². The summed E-state index contributed by atoms with van der Waals surface area (Å²) in [7, 11) is 9.53. The summed E-state index contributed by atoms with van der Waals surface area (Å²) in [6.45, 7) is 6.44. The molecule has 4 aromatic rings. The summed E-state index contributed by atoms with van der Waals surface area (Å²) in [4.78, 5) is 9.50. The van der Waals surface area contributed by atoms with Crippen molar-refractivity contribution in [1.29, 1.82) is 0 Å². The van der Waals surface area contributed by atoms with Crippen LogP contribution < -0.4 is 0 Å². The van der Waals surface area contributed by atoms with Crippen LogP contribution in [-0.2, 0) is 13.1 Å². The van der Waals surface area contributed by atoms with Gasteiger partial charge in [-0.1, -0.05) is 42.0 Å². The Morgan fingerprint density at radius 3 is 2.04 bits per heavy atom. The Kier molecular flexibility index (Phi) is 6.16. The molecule has 0 radical (unpaired) electrons. The van der Waals surface area contributed by atoms with E-state index in [1.807, 2.05) is 12.3 Å². The molecule has 0 aliphatic carbocycles. The van der Waals surface area contributed by atoms with Crippen LogP contribution in [0.5, 0.6) is 0 Å². The van der Waals surface area contributed by atoms with Gasteiger partial charge in [0.25, 0.3) is 0 Å². The van der Waals surface area contributed by atoms with Crippen LogP contribution in [0.15, 0.2) is 54.7 Å². The predicted octanol–water partition coefficient (Wildman–Crippen LogP) is 6.75. The first-order valence-electron chi connectivity index (χ1n) is 8.13. The quantitative estimate of drug-likeness (QED) is 0.249. The first-order valence-corrected chi connectivity index (χ1v) is 11.2. The molecule has 0 aliphatic rings. The fraction of sp³-hybridized carbons (Fsp3) is 0.143. The number of fused-ring (bicyclic) bond motifs is 3. The molecule has 4 rings (SSSR count). The first-order chi connectivity index (χ1) is 12.5. The Bertz CT molecular complexity index is 1060. The first kappa shape index (κ1) is 19.1. The number of aromatic nitrogens is 2. The van der Waals surface area contributed by atoms with Gasteiger partial charge < -0.3 is 0 Å². The van der Waals surface area contributed by atoms with E-state index in [4.69, 9.17) is 25.2 Å². The topological polar surface area (TPSA) is 25.8 Å². The van der Waals surface area contributed by atoms with Gasteiger partial charge in [-0.05, 0) is 44.0 Å². The van der Waals surface area contributed by atoms with E-state index in [-0.39, 0.29) is 13.1 Å². The maximum absolute atomic E-state index is 4.96. The second-order valence-electron chi connectivity index (χ2n) is 6.23. The van der Waals surface area contributed by atoms with E-state index in [0.717, 1.165) is 27.5 Å². The van der Waals surface area contributed by atoms with Crippen molar-refractivity contribution in [2.24, 2.45) is 0 Å². The Balaban J connectivity index is 0.000000613. The van der Waals surface area contributed by atoms with Gasteiger partial charge in [-0.3, -0.25) is 4.98 Å². The summed E-state index contributed by atoms with van der Waals surface area (Å²) in [6.07, 6.45) is 1.83. The number of hydrogen-bond donors (Lipinski definition) is 0. The molecule has 134 valence electrons. The van der Waals surface area contributed by atoms with E-state index in [9.17, 15) is 0 Å². The summed E-state index contributed by atoms with van der Waals surface area (Å²) in [5.74, 6) is 0. The van der Waals surface area contributed by atoms with Crippen molar-refractivity contribution >= 4 is 42.0 Å². The van der Waals surface area contributed by atoms with E-state index in [0.29, 0.717) is 0 Å². The Morgan fingerprint density at radius 1 is 0.808 bits per heavy atom. The zero-order valence-electron chi connectivity index (χ0n) is 14.7. The zero-order valence-corrected chi connectivity index (χ0v) is 17.3. The van der Waals surface area contributed by atoms with Gasteiger partial charge in [0.2, 0.25) is 0 Å². The monoisotopic (exact) mass is 424 g/mol. The van der Waals surface area contributed by atoms with Gasteiger partial charge >= 0.3 is 33.3 Å². The second kappa shape index (κ2) is 8.37. The molecule has 2 heterocycles.